The molecule has 2 aliphatic heterocycles. The molecule has 3 atom stereocenters. The van der Waals surface area contributed by atoms with Gasteiger partial charge in [-0.15, -0.1) is 11.8 Å². The van der Waals surface area contributed by atoms with Gasteiger partial charge in [-0.25, -0.2) is 14.2 Å². The average Bonchev–Trinajstić information content (AvgIpc) is 3.60. The number of nitrogens with zero attached hydrogens (tertiary/aromatic N) is 5. The quantitative estimate of drug-likeness (QED) is 0.274. The zero-order chi connectivity index (χ0) is 29.8. The molecule has 6 rings (SSSR count). The monoisotopic (exact) mass is 643 g/mol. The van der Waals surface area contributed by atoms with E-state index in [1.54, 1.807) is 19.0 Å². The normalized spacial score (nSPS) is 19.9. The van der Waals surface area contributed by atoms with Crippen LogP contribution in [0.1, 0.15) is 57.3 Å². The van der Waals surface area contributed by atoms with Crippen LogP contribution in [0.15, 0.2) is 21.6 Å². The van der Waals surface area contributed by atoms with Gasteiger partial charge in [-0.3, -0.25) is 4.79 Å². The molecule has 41 heavy (non-hydrogen) atoms. The Labute approximate surface area is 252 Å². The number of nitriles is 1. The van der Waals surface area contributed by atoms with E-state index in [0.29, 0.717) is 46.3 Å². The van der Waals surface area contributed by atoms with Gasteiger partial charge < -0.3 is 19.1 Å². The van der Waals surface area contributed by atoms with E-state index in [2.05, 4.69) is 32.6 Å². The number of aromatic nitrogens is 2. The molecule has 3 aliphatic rings. The number of carbonyl (C=O) groups excluding carboxylic acids is 2. The van der Waals surface area contributed by atoms with Crippen molar-refractivity contribution < 1.29 is 18.7 Å². The van der Waals surface area contributed by atoms with E-state index in [0.717, 1.165) is 23.0 Å². The third-order valence-electron chi connectivity index (χ3n) is 8.04. The summed E-state index contributed by atoms with van der Waals surface area (Å²) < 4.78 is 24.2. The maximum absolute atomic E-state index is 15.9. The van der Waals surface area contributed by atoms with Crippen molar-refractivity contribution in [1.82, 2.24) is 19.4 Å². The lowest BCUT2D eigenvalue weighted by molar-refractivity contribution is -0.128. The summed E-state index contributed by atoms with van der Waals surface area (Å²) >= 11 is 4.87. The number of hydrogen-bond acceptors (Lipinski definition) is 6. The highest BCUT2D eigenvalue weighted by Crippen LogP contribution is 2.53. The summed E-state index contributed by atoms with van der Waals surface area (Å²) in [6.07, 6.45) is 3.97. The molecule has 2 amide bonds. The number of thioether (sulfide) groups is 1. The Hall–Kier alpha value is -2.84. The molecule has 1 saturated carbocycles. The summed E-state index contributed by atoms with van der Waals surface area (Å²) in [6.45, 7) is 6.18. The van der Waals surface area contributed by atoms with E-state index in [-0.39, 0.29) is 41.9 Å². The molecule has 0 N–H and O–H groups in total. The van der Waals surface area contributed by atoms with E-state index in [4.69, 9.17) is 9.72 Å². The van der Waals surface area contributed by atoms with Crippen molar-refractivity contribution in [3.8, 4) is 6.07 Å². The van der Waals surface area contributed by atoms with E-state index >= 15 is 4.39 Å². The molecule has 2 bridgehead atoms. The first-order chi connectivity index (χ1) is 19.4. The molecule has 2 saturated heterocycles. The highest BCUT2D eigenvalue weighted by atomic mass is 79.9. The number of ether oxygens (including phenoxy) is 1. The second-order valence-corrected chi connectivity index (χ2v) is 13.7. The summed E-state index contributed by atoms with van der Waals surface area (Å²) in [6, 6.07) is 6.09. The lowest BCUT2D eigenvalue weighted by Gasteiger charge is -2.39. The Morgan fingerprint density at radius 2 is 2.00 bits per heavy atom. The van der Waals surface area contributed by atoms with Crippen molar-refractivity contribution in [3.63, 3.8) is 0 Å². The second-order valence-electron chi connectivity index (χ2n) is 12.1. The molecule has 2 aromatic heterocycles. The standard InChI is InChI=1S/C30H35BrFN5O3S/c1-30(2,3)40-29(39)36-15-17-13-21(36)26(17)37-18(9-10-22(38)35(4)5)14-20-27(37)19-12-16(8-7-11-33)23(31)24(32)25(19)34-28(20)41-6/h12,14,17,21,26H,7-10,13,15H2,1-6H3/t17-,21-,26+/m1/s1. The molecular formula is C30H35BrFN5O3S. The lowest BCUT2D eigenvalue weighted by Crippen LogP contribution is -2.44. The van der Waals surface area contributed by atoms with Crippen molar-refractivity contribution in [3.05, 3.63) is 33.7 Å². The van der Waals surface area contributed by atoms with Gasteiger partial charge in [-0.2, -0.15) is 5.26 Å². The molecule has 0 radical (unpaired) electrons. The number of benzene rings is 1. The van der Waals surface area contributed by atoms with Crippen LogP contribution >= 0.6 is 27.7 Å². The van der Waals surface area contributed by atoms with Crippen LogP contribution in [-0.4, -0.2) is 69.9 Å². The minimum absolute atomic E-state index is 0.0237. The first-order valence-electron chi connectivity index (χ1n) is 13.8. The zero-order valence-electron chi connectivity index (χ0n) is 24.3. The molecule has 3 fully saturated rings. The van der Waals surface area contributed by atoms with Gasteiger partial charge >= 0.3 is 6.09 Å². The van der Waals surface area contributed by atoms with Crippen LogP contribution < -0.4 is 0 Å². The maximum Gasteiger partial charge on any atom is 0.410 e. The highest BCUT2D eigenvalue weighted by molar-refractivity contribution is 9.10. The fourth-order valence-corrected chi connectivity index (χ4v) is 7.22. The van der Waals surface area contributed by atoms with E-state index in [9.17, 15) is 14.9 Å². The Kier molecular flexibility index (Phi) is 8.03. The number of halogens is 2. The Morgan fingerprint density at radius 3 is 2.63 bits per heavy atom. The van der Waals surface area contributed by atoms with Crippen LogP contribution in [0.25, 0.3) is 21.8 Å². The third-order valence-corrected chi connectivity index (χ3v) is 9.60. The van der Waals surface area contributed by atoms with E-state index in [1.807, 2.05) is 38.0 Å². The van der Waals surface area contributed by atoms with Gasteiger partial charge in [0.25, 0.3) is 0 Å². The van der Waals surface area contributed by atoms with Gasteiger partial charge in [0.05, 0.1) is 28.1 Å². The van der Waals surface area contributed by atoms with E-state index < -0.39 is 11.4 Å². The Morgan fingerprint density at radius 1 is 1.27 bits per heavy atom. The van der Waals surface area contributed by atoms with Crippen LogP contribution in [0.2, 0.25) is 0 Å². The van der Waals surface area contributed by atoms with Crippen LogP contribution in [0.3, 0.4) is 0 Å². The van der Waals surface area contributed by atoms with Gasteiger partial charge in [0, 0.05) is 55.9 Å². The fourth-order valence-electron chi connectivity index (χ4n) is 6.16. The number of carbonyl (C=O) groups is 2. The van der Waals surface area contributed by atoms with Gasteiger partial charge in [-0.1, -0.05) is 0 Å². The van der Waals surface area contributed by atoms with Crippen LogP contribution in [0.5, 0.6) is 0 Å². The van der Waals surface area contributed by atoms with Crippen molar-refractivity contribution in [2.45, 2.75) is 75.6 Å². The molecule has 1 aromatic carbocycles. The smallest absolute Gasteiger partial charge is 0.410 e. The van der Waals surface area contributed by atoms with Gasteiger partial charge in [-0.05, 0) is 79.9 Å². The predicted molar refractivity (Wildman–Crippen MR) is 161 cm³/mol. The number of fused-ring (bicyclic) bond motifs is 4. The highest BCUT2D eigenvalue weighted by Gasteiger charge is 2.56. The summed E-state index contributed by atoms with van der Waals surface area (Å²) in [7, 11) is 3.49. The fraction of sp³-hybridized carbons (Fsp3) is 0.533. The molecular weight excluding hydrogens is 609 g/mol. The van der Waals surface area contributed by atoms with Gasteiger partial charge in [0.15, 0.2) is 5.82 Å². The molecule has 218 valence electrons. The molecule has 3 aromatic rings. The second kappa shape index (κ2) is 11.1. The minimum Gasteiger partial charge on any atom is -0.444 e. The molecule has 0 spiro atoms. The number of amides is 2. The summed E-state index contributed by atoms with van der Waals surface area (Å²) in [5.41, 5.74) is 2.20. The van der Waals surface area contributed by atoms with Crippen LogP contribution in [-0.2, 0) is 22.4 Å². The minimum atomic E-state index is -0.600. The average molecular weight is 645 g/mol. The van der Waals surface area contributed by atoms with Crippen molar-refractivity contribution in [2.24, 2.45) is 5.92 Å². The largest absolute Gasteiger partial charge is 0.444 e. The van der Waals surface area contributed by atoms with Gasteiger partial charge in [0.2, 0.25) is 5.91 Å². The van der Waals surface area contributed by atoms with Crippen LogP contribution in [0.4, 0.5) is 9.18 Å². The predicted octanol–water partition coefficient (Wildman–Crippen LogP) is 6.47. The third kappa shape index (κ3) is 5.29. The summed E-state index contributed by atoms with van der Waals surface area (Å²) in [4.78, 5) is 33.9. The first-order valence-corrected chi connectivity index (χ1v) is 15.8. The summed E-state index contributed by atoms with van der Waals surface area (Å²) in [5, 5.41) is 11.5. The SMILES string of the molecule is CSc1nc2c(F)c(Br)c(CCC#N)cc2c2c1cc(CCC(=O)N(C)C)n2[C@H]1[C@@H]2C[C@H]1N(C(=O)OC(C)(C)C)C2. The number of pyridine rings is 1. The molecule has 0 unspecified atom stereocenters. The molecule has 1 aliphatic carbocycles. The number of rotatable bonds is 7. The van der Waals surface area contributed by atoms with Gasteiger partial charge in [0.1, 0.15) is 16.1 Å². The Bertz CT molecular complexity index is 1590. The number of hydrogen-bond donors (Lipinski definition) is 0. The first kappa shape index (κ1) is 29.6. The van der Waals surface area contributed by atoms with Crippen molar-refractivity contribution in [1.29, 1.82) is 5.26 Å². The maximum atomic E-state index is 15.9. The molecule has 8 nitrogen and oxygen atoms in total. The topological polar surface area (TPSA) is 91.5 Å². The van der Waals surface area contributed by atoms with Crippen molar-refractivity contribution >= 4 is 61.5 Å². The lowest BCUT2D eigenvalue weighted by atomic mass is 9.79. The van der Waals surface area contributed by atoms with Crippen molar-refractivity contribution in [2.75, 3.05) is 26.9 Å². The zero-order valence-corrected chi connectivity index (χ0v) is 26.7. The number of aryl methyl sites for hydroxylation is 2. The molecule has 4 heterocycles. The Balaban J connectivity index is 1.72. The molecule has 11 heteroatoms. The van der Waals surface area contributed by atoms with Crippen LogP contribution in [0, 0.1) is 23.1 Å². The van der Waals surface area contributed by atoms with E-state index in [1.165, 1.54) is 11.8 Å². The summed E-state index contributed by atoms with van der Waals surface area (Å²) in [5.74, 6) is -0.210.